The molecular weight excluding hydrogens is 324 g/mol. The number of nitrogens with zero attached hydrogens (tertiary/aromatic N) is 1. The fourth-order valence-electron chi connectivity index (χ4n) is 2.89. The van der Waals surface area contributed by atoms with E-state index < -0.39 is 16.1 Å². The maximum absolute atomic E-state index is 12.2. The molecule has 0 bridgehead atoms. The maximum atomic E-state index is 12.2. The van der Waals surface area contributed by atoms with Gasteiger partial charge in [0.15, 0.2) is 0 Å². The lowest BCUT2D eigenvalue weighted by atomic mass is 10.0. The molecule has 0 spiro atoms. The van der Waals surface area contributed by atoms with Gasteiger partial charge in [0.2, 0.25) is 0 Å². The Bertz CT molecular complexity index is 863. The molecule has 0 unspecified atom stereocenters. The van der Waals surface area contributed by atoms with Crippen molar-refractivity contribution in [3.05, 3.63) is 54.1 Å². The molecule has 3 rings (SSSR count). The first-order valence-corrected chi connectivity index (χ1v) is 9.48. The second-order valence-corrected chi connectivity index (χ2v) is 7.50. The Hall–Kier alpha value is -2.18. The Morgan fingerprint density at radius 1 is 1.00 bits per heavy atom. The summed E-state index contributed by atoms with van der Waals surface area (Å²) in [7, 11) is -3.75. The average molecular weight is 344 g/mol. The Labute approximate surface area is 142 Å². The first kappa shape index (κ1) is 16.7. The molecule has 1 heterocycles. The number of amides is 1. The second-order valence-electron chi connectivity index (χ2n) is 5.83. The highest BCUT2D eigenvalue weighted by atomic mass is 32.2. The van der Waals surface area contributed by atoms with Gasteiger partial charge in [-0.15, -0.1) is 0 Å². The fraction of sp³-hybridized carbons (Fsp3) is 0.278. The molecule has 2 aromatic rings. The van der Waals surface area contributed by atoms with Gasteiger partial charge in [0, 0.05) is 19.2 Å². The zero-order valence-electron chi connectivity index (χ0n) is 13.3. The molecular formula is C18H20N2O3S. The fourth-order valence-corrected chi connectivity index (χ4v) is 4.08. The highest BCUT2D eigenvalue weighted by Gasteiger charge is 2.24. The van der Waals surface area contributed by atoms with Crippen molar-refractivity contribution >= 4 is 33.0 Å². The van der Waals surface area contributed by atoms with Gasteiger partial charge in [-0.05, 0) is 35.3 Å². The molecule has 6 heteroatoms. The molecule has 1 aliphatic rings. The molecule has 126 valence electrons. The number of hydrogen-bond donors (Lipinski definition) is 1. The van der Waals surface area contributed by atoms with E-state index in [2.05, 4.69) is 4.72 Å². The predicted octanol–water partition coefficient (Wildman–Crippen LogP) is 2.70. The van der Waals surface area contributed by atoms with Crippen molar-refractivity contribution in [1.29, 1.82) is 0 Å². The van der Waals surface area contributed by atoms with Gasteiger partial charge in [0.25, 0.3) is 5.91 Å². The van der Waals surface area contributed by atoms with E-state index in [1.807, 2.05) is 42.5 Å². The van der Waals surface area contributed by atoms with E-state index in [1.165, 1.54) is 10.4 Å². The SMILES string of the molecule is O=C(/C=C/c1cccc2ccccc12)NS(=O)(=O)N1CCCCC1. The van der Waals surface area contributed by atoms with Gasteiger partial charge in [-0.1, -0.05) is 48.9 Å². The van der Waals surface area contributed by atoms with Crippen LogP contribution in [-0.4, -0.2) is 31.7 Å². The largest absolute Gasteiger partial charge is 0.304 e. The Morgan fingerprint density at radius 2 is 1.71 bits per heavy atom. The number of piperidine rings is 1. The zero-order valence-corrected chi connectivity index (χ0v) is 14.1. The third kappa shape index (κ3) is 3.83. The minimum atomic E-state index is -3.75. The first-order valence-electron chi connectivity index (χ1n) is 8.04. The third-order valence-electron chi connectivity index (χ3n) is 4.12. The van der Waals surface area contributed by atoms with Crippen molar-refractivity contribution in [1.82, 2.24) is 9.03 Å². The van der Waals surface area contributed by atoms with E-state index in [0.717, 1.165) is 35.6 Å². The van der Waals surface area contributed by atoms with E-state index in [4.69, 9.17) is 0 Å². The topological polar surface area (TPSA) is 66.5 Å². The summed E-state index contributed by atoms with van der Waals surface area (Å²) in [4.78, 5) is 12.0. The van der Waals surface area contributed by atoms with E-state index >= 15 is 0 Å². The number of benzene rings is 2. The first-order chi connectivity index (χ1) is 11.6. The second kappa shape index (κ2) is 7.15. The number of nitrogens with one attached hydrogen (secondary N) is 1. The minimum absolute atomic E-state index is 0.468. The lowest BCUT2D eigenvalue weighted by Crippen LogP contribution is -2.45. The maximum Gasteiger partial charge on any atom is 0.304 e. The molecule has 1 amide bonds. The van der Waals surface area contributed by atoms with Crippen molar-refractivity contribution in [2.45, 2.75) is 19.3 Å². The number of fused-ring (bicyclic) bond motifs is 1. The zero-order chi connectivity index (χ0) is 17.0. The van der Waals surface area contributed by atoms with Crippen molar-refractivity contribution in [3.63, 3.8) is 0 Å². The smallest absolute Gasteiger partial charge is 0.269 e. The predicted molar refractivity (Wildman–Crippen MR) is 95.5 cm³/mol. The number of carbonyl (C=O) groups is 1. The molecule has 0 atom stereocenters. The van der Waals surface area contributed by atoms with Crippen LogP contribution in [0.1, 0.15) is 24.8 Å². The Balaban J connectivity index is 1.73. The molecule has 0 aliphatic carbocycles. The monoisotopic (exact) mass is 344 g/mol. The van der Waals surface area contributed by atoms with Crippen LogP contribution in [0.15, 0.2) is 48.5 Å². The standard InChI is InChI=1S/C18H20N2O3S/c21-18(19-24(22,23)20-13-4-1-5-14-20)12-11-16-9-6-8-15-7-2-3-10-17(15)16/h2-3,6-12H,1,4-5,13-14H2,(H,19,21)/b12-11+. The van der Waals surface area contributed by atoms with Crippen molar-refractivity contribution in [2.75, 3.05) is 13.1 Å². The minimum Gasteiger partial charge on any atom is -0.269 e. The molecule has 0 aromatic heterocycles. The van der Waals surface area contributed by atoms with Crippen LogP contribution in [0.5, 0.6) is 0 Å². The summed E-state index contributed by atoms with van der Waals surface area (Å²) in [6.45, 7) is 0.936. The van der Waals surface area contributed by atoms with Crippen LogP contribution >= 0.6 is 0 Å². The van der Waals surface area contributed by atoms with Gasteiger partial charge < -0.3 is 0 Å². The average Bonchev–Trinajstić information content (AvgIpc) is 2.60. The number of rotatable bonds is 4. The van der Waals surface area contributed by atoms with Gasteiger partial charge in [0.1, 0.15) is 0 Å². The van der Waals surface area contributed by atoms with Crippen LogP contribution in [-0.2, 0) is 15.0 Å². The van der Waals surface area contributed by atoms with E-state index in [1.54, 1.807) is 6.08 Å². The van der Waals surface area contributed by atoms with Crippen LogP contribution < -0.4 is 4.72 Å². The van der Waals surface area contributed by atoms with E-state index in [-0.39, 0.29) is 0 Å². The Morgan fingerprint density at radius 3 is 2.50 bits per heavy atom. The summed E-state index contributed by atoms with van der Waals surface area (Å²) in [5, 5.41) is 2.09. The van der Waals surface area contributed by atoms with Gasteiger partial charge in [-0.3, -0.25) is 4.79 Å². The molecule has 1 aliphatic heterocycles. The van der Waals surface area contributed by atoms with Crippen LogP contribution in [0.3, 0.4) is 0 Å². The summed E-state index contributed by atoms with van der Waals surface area (Å²) in [5.74, 6) is -0.631. The summed E-state index contributed by atoms with van der Waals surface area (Å²) in [6, 6.07) is 13.6. The lowest BCUT2D eigenvalue weighted by molar-refractivity contribution is -0.114. The Kier molecular flexibility index (Phi) is 4.97. The van der Waals surface area contributed by atoms with E-state index in [0.29, 0.717) is 13.1 Å². The van der Waals surface area contributed by atoms with Crippen LogP contribution in [0.25, 0.3) is 16.8 Å². The highest BCUT2D eigenvalue weighted by Crippen LogP contribution is 2.19. The summed E-state index contributed by atoms with van der Waals surface area (Å²) >= 11 is 0. The van der Waals surface area contributed by atoms with E-state index in [9.17, 15) is 13.2 Å². The van der Waals surface area contributed by atoms with Crippen molar-refractivity contribution < 1.29 is 13.2 Å². The summed E-state index contributed by atoms with van der Waals surface area (Å²) in [5.41, 5.74) is 0.874. The van der Waals surface area contributed by atoms with Crippen LogP contribution in [0, 0.1) is 0 Å². The van der Waals surface area contributed by atoms with Gasteiger partial charge >= 0.3 is 10.2 Å². The van der Waals surface area contributed by atoms with Crippen LogP contribution in [0.2, 0.25) is 0 Å². The van der Waals surface area contributed by atoms with Gasteiger partial charge in [-0.2, -0.15) is 12.7 Å². The quantitative estimate of drug-likeness (QED) is 0.867. The van der Waals surface area contributed by atoms with Gasteiger partial charge in [0.05, 0.1) is 0 Å². The number of carbonyl (C=O) groups excluding carboxylic acids is 1. The third-order valence-corrected chi connectivity index (χ3v) is 5.63. The lowest BCUT2D eigenvalue weighted by Gasteiger charge is -2.25. The normalized spacial score (nSPS) is 16.5. The molecule has 2 aromatic carbocycles. The molecule has 0 radical (unpaired) electrons. The molecule has 24 heavy (non-hydrogen) atoms. The van der Waals surface area contributed by atoms with Gasteiger partial charge in [-0.25, -0.2) is 4.72 Å². The molecule has 1 fully saturated rings. The molecule has 1 saturated heterocycles. The summed E-state index contributed by atoms with van der Waals surface area (Å²) < 4.78 is 27.8. The summed E-state index contributed by atoms with van der Waals surface area (Å²) in [6.07, 6.45) is 5.61. The van der Waals surface area contributed by atoms with Crippen molar-refractivity contribution in [2.24, 2.45) is 0 Å². The molecule has 1 N–H and O–H groups in total. The number of hydrogen-bond acceptors (Lipinski definition) is 3. The molecule has 0 saturated carbocycles. The van der Waals surface area contributed by atoms with Crippen LogP contribution in [0.4, 0.5) is 0 Å². The highest BCUT2D eigenvalue weighted by molar-refractivity contribution is 7.87. The molecule has 5 nitrogen and oxygen atoms in total. The van der Waals surface area contributed by atoms with Crippen molar-refractivity contribution in [3.8, 4) is 0 Å².